The summed E-state index contributed by atoms with van der Waals surface area (Å²) < 4.78 is 6.55. The molecule has 0 saturated carbocycles. The molecule has 0 radical (unpaired) electrons. The molecule has 7 heteroatoms. The maximum absolute atomic E-state index is 12.3. The van der Waals surface area contributed by atoms with E-state index >= 15 is 0 Å². The molecule has 1 heterocycles. The zero-order valence-corrected chi connectivity index (χ0v) is 17.9. The van der Waals surface area contributed by atoms with Crippen molar-refractivity contribution >= 4 is 68.8 Å². The van der Waals surface area contributed by atoms with Gasteiger partial charge in [0.2, 0.25) is 0 Å². The zero-order valence-electron chi connectivity index (χ0n) is 14.2. The van der Waals surface area contributed by atoms with Gasteiger partial charge in [0.25, 0.3) is 5.91 Å². The number of rotatable bonds is 4. The maximum atomic E-state index is 12.3. The standard InChI is InChI=1S/C19H16ClIN2O2S/c1-3-25-16-8-7-12(9-14(16)21)10-17-18(24)23-19(26-17)22-15-6-4-5-13(20)11(15)2/h4-10H,3H2,1-2H3,(H,22,23,24). The van der Waals surface area contributed by atoms with E-state index in [2.05, 4.69) is 32.9 Å². The average Bonchev–Trinajstić information content (AvgIpc) is 2.94. The lowest BCUT2D eigenvalue weighted by Gasteiger charge is -2.06. The maximum Gasteiger partial charge on any atom is 0.264 e. The van der Waals surface area contributed by atoms with E-state index in [1.807, 2.05) is 56.3 Å². The van der Waals surface area contributed by atoms with E-state index in [1.165, 1.54) is 11.8 Å². The lowest BCUT2D eigenvalue weighted by Crippen LogP contribution is -2.19. The first-order valence-corrected chi connectivity index (χ1v) is 10.2. The van der Waals surface area contributed by atoms with Gasteiger partial charge >= 0.3 is 0 Å². The Morgan fingerprint density at radius 1 is 1.35 bits per heavy atom. The molecule has 26 heavy (non-hydrogen) atoms. The Morgan fingerprint density at radius 3 is 2.88 bits per heavy atom. The molecule has 134 valence electrons. The first-order chi connectivity index (χ1) is 12.5. The van der Waals surface area contributed by atoms with Crippen LogP contribution in [0.15, 0.2) is 46.3 Å². The molecular weight excluding hydrogens is 483 g/mol. The molecule has 0 aliphatic carbocycles. The molecule has 1 saturated heterocycles. The van der Waals surface area contributed by atoms with Crippen molar-refractivity contribution in [3.63, 3.8) is 0 Å². The van der Waals surface area contributed by atoms with Crippen molar-refractivity contribution in [2.45, 2.75) is 13.8 Å². The Balaban J connectivity index is 1.83. The van der Waals surface area contributed by atoms with Crippen LogP contribution in [0, 0.1) is 10.5 Å². The van der Waals surface area contributed by atoms with E-state index < -0.39 is 0 Å². The predicted octanol–water partition coefficient (Wildman–Crippen LogP) is 5.54. The number of carbonyl (C=O) groups is 1. The minimum Gasteiger partial charge on any atom is -0.493 e. The summed E-state index contributed by atoms with van der Waals surface area (Å²) in [6, 6.07) is 11.4. The summed E-state index contributed by atoms with van der Waals surface area (Å²) in [6.07, 6.45) is 1.85. The Kier molecular flexibility index (Phi) is 6.26. The van der Waals surface area contributed by atoms with Crippen molar-refractivity contribution in [2.24, 2.45) is 4.99 Å². The molecular formula is C19H16ClIN2O2S. The molecule has 1 aliphatic rings. The summed E-state index contributed by atoms with van der Waals surface area (Å²) in [5.74, 6) is 0.690. The van der Waals surface area contributed by atoms with E-state index in [0.717, 1.165) is 26.1 Å². The summed E-state index contributed by atoms with van der Waals surface area (Å²) in [5, 5.41) is 4.00. The van der Waals surface area contributed by atoms with Crippen LogP contribution < -0.4 is 10.1 Å². The second kappa shape index (κ2) is 8.45. The van der Waals surface area contributed by atoms with Gasteiger partial charge in [-0.05, 0) is 89.7 Å². The first kappa shape index (κ1) is 19.3. The molecule has 4 nitrogen and oxygen atoms in total. The number of aliphatic imine (C=N–C) groups is 1. The first-order valence-electron chi connectivity index (χ1n) is 7.95. The van der Waals surface area contributed by atoms with Gasteiger partial charge in [0.1, 0.15) is 5.75 Å². The molecule has 1 N–H and O–H groups in total. The fourth-order valence-corrected chi connectivity index (χ4v) is 4.04. The van der Waals surface area contributed by atoms with Crippen molar-refractivity contribution in [2.75, 3.05) is 6.61 Å². The Bertz CT molecular complexity index is 928. The largest absolute Gasteiger partial charge is 0.493 e. The number of halogens is 2. The third-order valence-corrected chi connectivity index (χ3v) is 5.83. The second-order valence-corrected chi connectivity index (χ2v) is 8.09. The van der Waals surface area contributed by atoms with E-state index in [9.17, 15) is 4.79 Å². The minimum absolute atomic E-state index is 0.155. The van der Waals surface area contributed by atoms with Gasteiger partial charge in [-0.25, -0.2) is 4.99 Å². The molecule has 1 fully saturated rings. The molecule has 0 atom stereocenters. The van der Waals surface area contributed by atoms with Crippen molar-refractivity contribution in [3.8, 4) is 5.75 Å². The summed E-state index contributed by atoms with van der Waals surface area (Å²) >= 11 is 9.67. The lowest BCUT2D eigenvalue weighted by molar-refractivity contribution is -0.115. The second-order valence-electron chi connectivity index (χ2n) is 5.49. The number of hydrogen-bond donors (Lipinski definition) is 1. The smallest absolute Gasteiger partial charge is 0.264 e. The van der Waals surface area contributed by atoms with Crippen molar-refractivity contribution in [1.29, 1.82) is 0 Å². The van der Waals surface area contributed by atoms with Gasteiger partial charge in [-0.2, -0.15) is 0 Å². The van der Waals surface area contributed by atoms with Gasteiger partial charge in [0.15, 0.2) is 5.17 Å². The van der Waals surface area contributed by atoms with Crippen LogP contribution in [0.4, 0.5) is 5.69 Å². The topological polar surface area (TPSA) is 50.7 Å². The number of benzene rings is 2. The summed E-state index contributed by atoms with van der Waals surface area (Å²) in [5.41, 5.74) is 2.57. The Hall–Kier alpha value is -1.51. The van der Waals surface area contributed by atoms with Gasteiger partial charge < -0.3 is 10.1 Å². The van der Waals surface area contributed by atoms with Crippen LogP contribution in [0.1, 0.15) is 18.1 Å². The molecule has 0 aromatic heterocycles. The molecule has 2 aromatic carbocycles. The molecule has 3 rings (SSSR count). The van der Waals surface area contributed by atoms with Crippen LogP contribution in [0.25, 0.3) is 6.08 Å². The zero-order chi connectivity index (χ0) is 18.7. The van der Waals surface area contributed by atoms with Crippen molar-refractivity contribution < 1.29 is 9.53 Å². The highest BCUT2D eigenvalue weighted by Crippen LogP contribution is 2.32. The fourth-order valence-electron chi connectivity index (χ4n) is 2.34. The van der Waals surface area contributed by atoms with E-state index in [4.69, 9.17) is 16.3 Å². The highest BCUT2D eigenvalue weighted by atomic mass is 127. The van der Waals surface area contributed by atoms with Gasteiger partial charge in [0.05, 0.1) is 20.8 Å². The number of nitrogens with one attached hydrogen (secondary N) is 1. The van der Waals surface area contributed by atoms with Crippen molar-refractivity contribution in [1.82, 2.24) is 5.32 Å². The number of nitrogens with zero attached hydrogens (tertiary/aromatic N) is 1. The Labute approximate surface area is 175 Å². The monoisotopic (exact) mass is 498 g/mol. The lowest BCUT2D eigenvalue weighted by atomic mass is 10.2. The normalized spacial score (nSPS) is 17.0. The van der Waals surface area contributed by atoms with E-state index in [-0.39, 0.29) is 5.91 Å². The number of hydrogen-bond acceptors (Lipinski definition) is 4. The van der Waals surface area contributed by atoms with Gasteiger partial charge in [-0.1, -0.05) is 23.7 Å². The number of ether oxygens (including phenoxy) is 1. The molecule has 2 aromatic rings. The van der Waals surface area contributed by atoms with Gasteiger partial charge in [0, 0.05) is 5.02 Å². The average molecular weight is 499 g/mol. The summed E-state index contributed by atoms with van der Waals surface area (Å²) in [7, 11) is 0. The molecule has 0 unspecified atom stereocenters. The third kappa shape index (κ3) is 4.42. The quantitative estimate of drug-likeness (QED) is 0.445. The number of amides is 1. The highest BCUT2D eigenvalue weighted by Gasteiger charge is 2.24. The summed E-state index contributed by atoms with van der Waals surface area (Å²) in [4.78, 5) is 17.4. The molecule has 1 aliphatic heterocycles. The van der Waals surface area contributed by atoms with Crippen LogP contribution in [0.5, 0.6) is 5.75 Å². The third-order valence-electron chi connectivity index (χ3n) is 3.67. The van der Waals surface area contributed by atoms with Gasteiger partial charge in [-0.3, -0.25) is 4.79 Å². The summed E-state index contributed by atoms with van der Waals surface area (Å²) in [6.45, 7) is 4.48. The predicted molar refractivity (Wildman–Crippen MR) is 117 cm³/mol. The van der Waals surface area contributed by atoms with Gasteiger partial charge in [-0.15, -0.1) is 0 Å². The SMILES string of the molecule is CCOc1ccc(C=C2SC(=Nc3cccc(Cl)c3C)NC2=O)cc1I. The number of thioether (sulfide) groups is 1. The highest BCUT2D eigenvalue weighted by molar-refractivity contribution is 14.1. The number of amidine groups is 1. The van der Waals surface area contributed by atoms with E-state index in [0.29, 0.717) is 21.7 Å². The van der Waals surface area contributed by atoms with Crippen LogP contribution in [0.3, 0.4) is 0 Å². The van der Waals surface area contributed by atoms with Crippen LogP contribution >= 0.6 is 46.0 Å². The molecule has 0 bridgehead atoms. The van der Waals surface area contributed by atoms with Crippen molar-refractivity contribution in [3.05, 3.63) is 61.0 Å². The Morgan fingerprint density at radius 2 is 2.15 bits per heavy atom. The van der Waals surface area contributed by atoms with Crippen LogP contribution in [-0.2, 0) is 4.79 Å². The fraction of sp³-hybridized carbons (Fsp3) is 0.158. The molecule has 1 amide bonds. The molecule has 0 spiro atoms. The van der Waals surface area contributed by atoms with Crippen LogP contribution in [0.2, 0.25) is 5.02 Å². The number of carbonyl (C=O) groups excluding carboxylic acids is 1. The minimum atomic E-state index is -0.155. The van der Waals surface area contributed by atoms with E-state index in [1.54, 1.807) is 0 Å². The van der Waals surface area contributed by atoms with Crippen LogP contribution in [-0.4, -0.2) is 17.7 Å².